The van der Waals surface area contributed by atoms with Gasteiger partial charge in [-0.1, -0.05) is 52.0 Å². The summed E-state index contributed by atoms with van der Waals surface area (Å²) in [6, 6.07) is 12.8. The average Bonchev–Trinajstić information content (AvgIpc) is 3.17. The van der Waals surface area contributed by atoms with Crippen LogP contribution >= 0.6 is 0 Å². The number of aryl methyl sites for hydroxylation is 1. The second kappa shape index (κ2) is 12.3. The van der Waals surface area contributed by atoms with E-state index in [1.165, 1.54) is 0 Å². The van der Waals surface area contributed by atoms with Crippen molar-refractivity contribution in [3.63, 3.8) is 0 Å². The van der Waals surface area contributed by atoms with Crippen LogP contribution in [-0.4, -0.2) is 72.6 Å². The zero-order chi connectivity index (χ0) is 28.2. The molecule has 0 aromatic heterocycles. The van der Waals surface area contributed by atoms with Gasteiger partial charge in [-0.25, -0.2) is 0 Å². The molecule has 7 nitrogen and oxygen atoms in total. The molecular weight excluding hydrogens is 492 g/mol. The van der Waals surface area contributed by atoms with E-state index >= 15 is 0 Å². The van der Waals surface area contributed by atoms with Crippen LogP contribution in [0.5, 0.6) is 5.75 Å². The van der Waals surface area contributed by atoms with E-state index in [0.29, 0.717) is 31.9 Å². The van der Waals surface area contributed by atoms with Crippen molar-refractivity contribution in [2.75, 3.05) is 46.0 Å². The van der Waals surface area contributed by atoms with E-state index in [1.54, 1.807) is 11.0 Å². The summed E-state index contributed by atoms with van der Waals surface area (Å²) in [5, 5.41) is 11.5. The molecule has 0 spiro atoms. The van der Waals surface area contributed by atoms with Crippen LogP contribution in [0.15, 0.2) is 48.0 Å². The third-order valence-corrected chi connectivity index (χ3v) is 7.52. The molecule has 2 heterocycles. The van der Waals surface area contributed by atoms with Crippen molar-refractivity contribution < 1.29 is 24.2 Å². The van der Waals surface area contributed by atoms with E-state index in [1.807, 2.05) is 50.2 Å². The van der Waals surface area contributed by atoms with Crippen LogP contribution in [0.3, 0.4) is 0 Å². The first-order valence-corrected chi connectivity index (χ1v) is 14.0. The molecule has 1 amide bonds. The normalized spacial score (nSPS) is 20.0. The SMILES string of the molecule is CCCOc1ccc(/C(O)=C2\C(=O)C(=O)N(CCCN3CCOCC3)C2c2ccc(C(C)(C)C)cc2)cc1C. The summed E-state index contributed by atoms with van der Waals surface area (Å²) in [4.78, 5) is 30.7. The van der Waals surface area contributed by atoms with Crippen LogP contribution in [0.25, 0.3) is 5.76 Å². The number of benzene rings is 2. The van der Waals surface area contributed by atoms with Crippen molar-refractivity contribution in [1.29, 1.82) is 0 Å². The molecule has 2 aliphatic rings. The molecule has 0 aliphatic carbocycles. The lowest BCUT2D eigenvalue weighted by molar-refractivity contribution is -0.140. The standard InChI is InChI=1S/C32H42N2O5/c1-6-18-39-26-13-10-24(21-22(26)2)29(35)27-28(23-8-11-25(12-9-23)32(3,4)5)34(31(37)30(27)36)15-7-14-33-16-19-38-20-17-33/h8-13,21,28,35H,6-7,14-20H2,1-5H3/b29-27+. The van der Waals surface area contributed by atoms with Gasteiger partial charge in [0.2, 0.25) is 0 Å². The van der Waals surface area contributed by atoms with Crippen molar-refractivity contribution in [3.8, 4) is 5.75 Å². The molecule has 2 aromatic carbocycles. The van der Waals surface area contributed by atoms with E-state index in [-0.39, 0.29) is 16.7 Å². The molecule has 0 saturated carbocycles. The van der Waals surface area contributed by atoms with E-state index in [4.69, 9.17) is 9.47 Å². The first-order chi connectivity index (χ1) is 18.6. The highest BCUT2D eigenvalue weighted by Gasteiger charge is 2.46. The monoisotopic (exact) mass is 534 g/mol. The van der Waals surface area contributed by atoms with Gasteiger partial charge in [-0.15, -0.1) is 0 Å². The van der Waals surface area contributed by atoms with Gasteiger partial charge in [0.15, 0.2) is 0 Å². The highest BCUT2D eigenvalue weighted by molar-refractivity contribution is 6.46. The number of amides is 1. The molecule has 1 atom stereocenters. The highest BCUT2D eigenvalue weighted by atomic mass is 16.5. The number of aliphatic hydroxyl groups excluding tert-OH is 1. The Morgan fingerprint density at radius 3 is 2.36 bits per heavy atom. The maximum absolute atomic E-state index is 13.4. The summed E-state index contributed by atoms with van der Waals surface area (Å²) in [6.45, 7) is 15.4. The van der Waals surface area contributed by atoms with Gasteiger partial charge in [-0.05, 0) is 60.1 Å². The van der Waals surface area contributed by atoms with Gasteiger partial charge in [0, 0.05) is 31.7 Å². The smallest absolute Gasteiger partial charge is 0.295 e. The van der Waals surface area contributed by atoms with Crippen molar-refractivity contribution in [2.45, 2.75) is 58.9 Å². The van der Waals surface area contributed by atoms with Crippen molar-refractivity contribution >= 4 is 17.4 Å². The molecule has 0 radical (unpaired) electrons. The largest absolute Gasteiger partial charge is 0.507 e. The first-order valence-electron chi connectivity index (χ1n) is 14.0. The van der Waals surface area contributed by atoms with Gasteiger partial charge in [0.1, 0.15) is 11.5 Å². The van der Waals surface area contributed by atoms with Crippen molar-refractivity contribution in [1.82, 2.24) is 9.80 Å². The fraction of sp³-hybridized carbons (Fsp3) is 0.500. The molecule has 7 heteroatoms. The van der Waals surface area contributed by atoms with E-state index < -0.39 is 17.7 Å². The summed E-state index contributed by atoms with van der Waals surface area (Å²) in [5.41, 5.74) is 3.44. The van der Waals surface area contributed by atoms with Gasteiger partial charge >= 0.3 is 0 Å². The molecular formula is C32H42N2O5. The number of carbonyl (C=O) groups is 2. The van der Waals surface area contributed by atoms with E-state index in [9.17, 15) is 14.7 Å². The molecule has 39 heavy (non-hydrogen) atoms. The lowest BCUT2D eigenvalue weighted by Gasteiger charge is -2.29. The van der Waals surface area contributed by atoms with Crippen LogP contribution in [0.4, 0.5) is 0 Å². The number of nitrogens with zero attached hydrogens (tertiary/aromatic N) is 2. The van der Waals surface area contributed by atoms with Gasteiger partial charge in [-0.2, -0.15) is 0 Å². The number of Topliss-reactive ketones (excluding diaryl/α,β-unsaturated/α-hetero) is 1. The van der Waals surface area contributed by atoms with Crippen LogP contribution in [-0.2, 0) is 19.7 Å². The maximum Gasteiger partial charge on any atom is 0.295 e. The number of carbonyl (C=O) groups excluding carboxylic acids is 2. The third kappa shape index (κ3) is 6.53. The lowest BCUT2D eigenvalue weighted by Crippen LogP contribution is -2.39. The van der Waals surface area contributed by atoms with Crippen molar-refractivity contribution in [2.24, 2.45) is 0 Å². The Bertz CT molecular complexity index is 1210. The molecule has 1 N–H and O–H groups in total. The fourth-order valence-electron chi connectivity index (χ4n) is 5.24. The second-order valence-corrected chi connectivity index (χ2v) is 11.5. The Morgan fingerprint density at radius 2 is 1.74 bits per heavy atom. The lowest BCUT2D eigenvalue weighted by atomic mass is 9.85. The molecule has 2 aliphatic heterocycles. The summed E-state index contributed by atoms with van der Waals surface area (Å²) >= 11 is 0. The Kier molecular flexibility index (Phi) is 9.13. The summed E-state index contributed by atoms with van der Waals surface area (Å²) in [5.74, 6) is -0.624. The topological polar surface area (TPSA) is 79.3 Å². The number of ether oxygens (including phenoxy) is 2. The minimum absolute atomic E-state index is 0.0301. The minimum Gasteiger partial charge on any atom is -0.507 e. The number of morpholine rings is 1. The Hall–Kier alpha value is -3.16. The highest BCUT2D eigenvalue weighted by Crippen LogP contribution is 2.40. The molecule has 210 valence electrons. The van der Waals surface area contributed by atoms with Crippen LogP contribution in [0.2, 0.25) is 0 Å². The van der Waals surface area contributed by atoms with Gasteiger partial charge in [0.25, 0.3) is 11.7 Å². The van der Waals surface area contributed by atoms with Gasteiger partial charge in [0.05, 0.1) is 31.4 Å². The van der Waals surface area contributed by atoms with E-state index in [0.717, 1.165) is 54.9 Å². The maximum atomic E-state index is 13.4. The third-order valence-electron chi connectivity index (χ3n) is 7.52. The van der Waals surface area contributed by atoms with Crippen molar-refractivity contribution in [3.05, 3.63) is 70.3 Å². The number of rotatable bonds is 9. The summed E-state index contributed by atoms with van der Waals surface area (Å²) in [7, 11) is 0. The number of likely N-dealkylation sites (tertiary alicyclic amines) is 1. The molecule has 1 unspecified atom stereocenters. The molecule has 2 aromatic rings. The summed E-state index contributed by atoms with van der Waals surface area (Å²) < 4.78 is 11.2. The Labute approximate surface area is 232 Å². The summed E-state index contributed by atoms with van der Waals surface area (Å²) in [6.07, 6.45) is 1.62. The number of ketones is 1. The van der Waals surface area contributed by atoms with Crippen LogP contribution < -0.4 is 4.74 Å². The second-order valence-electron chi connectivity index (χ2n) is 11.5. The molecule has 4 rings (SSSR count). The quantitative estimate of drug-likeness (QED) is 0.270. The average molecular weight is 535 g/mol. The number of hydrogen-bond acceptors (Lipinski definition) is 6. The van der Waals surface area contributed by atoms with Crippen LogP contribution in [0, 0.1) is 6.92 Å². The van der Waals surface area contributed by atoms with Gasteiger partial charge < -0.3 is 19.5 Å². The van der Waals surface area contributed by atoms with Crippen LogP contribution in [0.1, 0.15) is 68.8 Å². The molecule has 2 saturated heterocycles. The Morgan fingerprint density at radius 1 is 1.05 bits per heavy atom. The molecule has 0 bridgehead atoms. The predicted molar refractivity (Wildman–Crippen MR) is 153 cm³/mol. The minimum atomic E-state index is -0.653. The predicted octanol–water partition coefficient (Wildman–Crippen LogP) is 5.23. The zero-order valence-corrected chi connectivity index (χ0v) is 24.0. The number of aliphatic hydroxyl groups is 1. The molecule has 2 fully saturated rings. The fourth-order valence-corrected chi connectivity index (χ4v) is 5.24. The Balaban J connectivity index is 1.69. The number of hydrogen-bond donors (Lipinski definition) is 1. The zero-order valence-electron chi connectivity index (χ0n) is 24.0. The van der Waals surface area contributed by atoms with Gasteiger partial charge in [-0.3, -0.25) is 14.5 Å². The van der Waals surface area contributed by atoms with E-state index in [2.05, 4.69) is 25.7 Å². The first kappa shape index (κ1) is 28.8.